The smallest absolute Gasteiger partial charge is 0.240 e. The fourth-order valence-corrected chi connectivity index (χ4v) is 3.79. The number of carbonyl (C=O) groups is 1. The first-order valence-electron chi connectivity index (χ1n) is 7.84. The quantitative estimate of drug-likeness (QED) is 0.686. The first kappa shape index (κ1) is 15.9. The van der Waals surface area contributed by atoms with Crippen molar-refractivity contribution in [2.75, 3.05) is 18.9 Å². The van der Waals surface area contributed by atoms with E-state index in [0.717, 1.165) is 31.5 Å². The standard InChI is InChI=1S/C16H21N5OS/c1-12-18-19-16(21(12)17)23-14(13-8-4-2-5-9-13)15(22)20-10-6-3-7-11-20/h2,4-5,8-9,14H,3,6-7,10-11,17H2,1H3/t14-/m0/s1. The van der Waals surface area contributed by atoms with E-state index in [1.54, 1.807) is 6.92 Å². The second kappa shape index (κ2) is 7.04. The number of nitrogens with two attached hydrogens (primary N) is 1. The Hall–Kier alpha value is -2.02. The predicted octanol–water partition coefficient (Wildman–Crippen LogP) is 2.15. The molecule has 1 atom stereocenters. The number of carbonyl (C=O) groups excluding carboxylic acids is 1. The molecule has 1 amide bonds. The highest BCUT2D eigenvalue weighted by atomic mass is 32.2. The summed E-state index contributed by atoms with van der Waals surface area (Å²) in [5.74, 6) is 6.71. The van der Waals surface area contributed by atoms with Crippen LogP contribution in [0.2, 0.25) is 0 Å². The Morgan fingerprint density at radius 2 is 1.87 bits per heavy atom. The SMILES string of the molecule is Cc1nnc(S[C@H](C(=O)N2CCCCC2)c2ccccc2)n1N. The summed E-state index contributed by atoms with van der Waals surface area (Å²) in [6, 6.07) is 9.80. The third-order valence-corrected chi connectivity index (χ3v) is 5.25. The molecule has 2 N–H and O–H groups in total. The summed E-state index contributed by atoms with van der Waals surface area (Å²) in [4.78, 5) is 15.0. The van der Waals surface area contributed by atoms with Crippen LogP contribution in [0.3, 0.4) is 0 Å². The second-order valence-electron chi connectivity index (χ2n) is 5.69. The Morgan fingerprint density at radius 1 is 1.17 bits per heavy atom. The number of benzene rings is 1. The molecule has 2 heterocycles. The van der Waals surface area contributed by atoms with Gasteiger partial charge in [0.15, 0.2) is 0 Å². The number of nitrogen functional groups attached to an aromatic ring is 1. The number of aryl methyl sites for hydroxylation is 1. The monoisotopic (exact) mass is 331 g/mol. The van der Waals surface area contributed by atoms with Gasteiger partial charge in [-0.15, -0.1) is 10.2 Å². The highest BCUT2D eigenvalue weighted by Crippen LogP contribution is 2.36. The fraction of sp³-hybridized carbons (Fsp3) is 0.438. The van der Waals surface area contributed by atoms with E-state index in [2.05, 4.69) is 10.2 Å². The largest absolute Gasteiger partial charge is 0.341 e. The van der Waals surface area contributed by atoms with Crippen LogP contribution in [0.4, 0.5) is 0 Å². The van der Waals surface area contributed by atoms with Crippen LogP contribution in [0.1, 0.15) is 35.9 Å². The van der Waals surface area contributed by atoms with E-state index in [0.29, 0.717) is 11.0 Å². The number of hydrogen-bond donors (Lipinski definition) is 1. The van der Waals surface area contributed by atoms with Gasteiger partial charge in [-0.05, 0) is 31.7 Å². The van der Waals surface area contributed by atoms with Crippen molar-refractivity contribution >= 4 is 17.7 Å². The van der Waals surface area contributed by atoms with Crippen molar-refractivity contribution in [3.05, 3.63) is 41.7 Å². The van der Waals surface area contributed by atoms with Gasteiger partial charge in [0.05, 0.1) is 0 Å². The lowest BCUT2D eigenvalue weighted by atomic mass is 10.1. The van der Waals surface area contributed by atoms with Crippen molar-refractivity contribution in [2.24, 2.45) is 0 Å². The van der Waals surface area contributed by atoms with Crippen LogP contribution in [-0.4, -0.2) is 38.8 Å². The summed E-state index contributed by atoms with van der Waals surface area (Å²) in [6.45, 7) is 3.45. The van der Waals surface area contributed by atoms with Gasteiger partial charge in [0.25, 0.3) is 0 Å². The lowest BCUT2D eigenvalue weighted by Crippen LogP contribution is -2.38. The minimum Gasteiger partial charge on any atom is -0.341 e. The molecule has 0 bridgehead atoms. The van der Waals surface area contributed by atoms with Crippen LogP contribution >= 0.6 is 11.8 Å². The Balaban J connectivity index is 1.87. The molecule has 1 aliphatic rings. The summed E-state index contributed by atoms with van der Waals surface area (Å²) in [5, 5.41) is 8.28. The number of hydrogen-bond acceptors (Lipinski definition) is 5. The van der Waals surface area contributed by atoms with Crippen molar-refractivity contribution in [2.45, 2.75) is 36.6 Å². The van der Waals surface area contributed by atoms with Gasteiger partial charge in [-0.2, -0.15) is 0 Å². The molecule has 0 saturated carbocycles. The molecule has 1 fully saturated rings. The maximum absolute atomic E-state index is 13.0. The molecule has 1 aromatic carbocycles. The fourth-order valence-electron chi connectivity index (χ4n) is 2.70. The number of thioether (sulfide) groups is 1. The van der Waals surface area contributed by atoms with Crippen LogP contribution in [0, 0.1) is 6.92 Å². The van der Waals surface area contributed by atoms with Gasteiger partial charge in [-0.1, -0.05) is 42.1 Å². The molecule has 1 aliphatic heterocycles. The number of nitrogens with zero attached hydrogens (tertiary/aromatic N) is 4. The first-order valence-corrected chi connectivity index (χ1v) is 8.72. The molecule has 23 heavy (non-hydrogen) atoms. The molecular weight excluding hydrogens is 310 g/mol. The molecule has 0 unspecified atom stereocenters. The molecule has 1 saturated heterocycles. The van der Waals surface area contributed by atoms with E-state index in [1.165, 1.54) is 22.9 Å². The Labute approximate surface area is 140 Å². The average Bonchev–Trinajstić information content (AvgIpc) is 2.92. The number of rotatable bonds is 4. The van der Waals surface area contributed by atoms with Gasteiger partial charge in [-0.3, -0.25) is 4.79 Å². The maximum atomic E-state index is 13.0. The van der Waals surface area contributed by atoms with Crippen LogP contribution in [0.15, 0.2) is 35.5 Å². The Morgan fingerprint density at radius 3 is 2.48 bits per heavy atom. The molecule has 2 aromatic rings. The van der Waals surface area contributed by atoms with Gasteiger partial charge in [0, 0.05) is 13.1 Å². The van der Waals surface area contributed by atoms with Gasteiger partial charge < -0.3 is 10.7 Å². The maximum Gasteiger partial charge on any atom is 0.240 e. The van der Waals surface area contributed by atoms with Crippen LogP contribution in [0.5, 0.6) is 0 Å². The van der Waals surface area contributed by atoms with E-state index < -0.39 is 0 Å². The van der Waals surface area contributed by atoms with E-state index in [4.69, 9.17) is 5.84 Å². The van der Waals surface area contributed by atoms with Crippen LogP contribution < -0.4 is 5.84 Å². The highest BCUT2D eigenvalue weighted by molar-refractivity contribution is 8.00. The molecule has 1 aromatic heterocycles. The minimum absolute atomic E-state index is 0.126. The third kappa shape index (κ3) is 3.50. The normalized spacial score (nSPS) is 16.3. The van der Waals surface area contributed by atoms with Crippen molar-refractivity contribution in [1.29, 1.82) is 0 Å². The Bertz CT molecular complexity index is 666. The summed E-state index contributed by atoms with van der Waals surface area (Å²) in [6.07, 6.45) is 3.34. The summed E-state index contributed by atoms with van der Waals surface area (Å²) >= 11 is 1.36. The number of amides is 1. The molecule has 7 heteroatoms. The summed E-state index contributed by atoms with van der Waals surface area (Å²) in [7, 11) is 0. The molecule has 3 rings (SSSR count). The van der Waals surface area contributed by atoms with Crippen molar-refractivity contribution in [3.63, 3.8) is 0 Å². The topological polar surface area (TPSA) is 77.0 Å². The lowest BCUT2D eigenvalue weighted by molar-refractivity contribution is -0.131. The van der Waals surface area contributed by atoms with E-state index in [1.807, 2.05) is 35.2 Å². The van der Waals surface area contributed by atoms with E-state index in [9.17, 15) is 4.79 Å². The summed E-state index contributed by atoms with van der Waals surface area (Å²) in [5.41, 5.74) is 0.966. The second-order valence-corrected chi connectivity index (χ2v) is 6.77. The number of aromatic nitrogens is 3. The predicted molar refractivity (Wildman–Crippen MR) is 90.4 cm³/mol. The van der Waals surface area contributed by atoms with Gasteiger partial charge >= 0.3 is 0 Å². The van der Waals surface area contributed by atoms with E-state index in [-0.39, 0.29) is 11.2 Å². The number of piperidine rings is 1. The zero-order valence-electron chi connectivity index (χ0n) is 13.2. The van der Waals surface area contributed by atoms with Crippen LogP contribution in [0.25, 0.3) is 0 Å². The third-order valence-electron chi connectivity index (χ3n) is 4.05. The van der Waals surface area contributed by atoms with E-state index >= 15 is 0 Å². The van der Waals surface area contributed by atoms with Crippen molar-refractivity contribution < 1.29 is 4.79 Å². The zero-order chi connectivity index (χ0) is 16.2. The van der Waals surface area contributed by atoms with Gasteiger partial charge in [-0.25, -0.2) is 4.68 Å². The molecular formula is C16H21N5OS. The van der Waals surface area contributed by atoms with Gasteiger partial charge in [0.2, 0.25) is 11.1 Å². The van der Waals surface area contributed by atoms with Gasteiger partial charge in [0.1, 0.15) is 11.1 Å². The first-order chi connectivity index (χ1) is 11.2. The molecule has 0 spiro atoms. The molecule has 6 nitrogen and oxygen atoms in total. The number of likely N-dealkylation sites (tertiary alicyclic amines) is 1. The van der Waals surface area contributed by atoms with Crippen molar-refractivity contribution in [3.8, 4) is 0 Å². The Kier molecular flexibility index (Phi) is 4.85. The highest BCUT2D eigenvalue weighted by Gasteiger charge is 2.29. The lowest BCUT2D eigenvalue weighted by Gasteiger charge is -2.30. The molecule has 0 radical (unpaired) electrons. The minimum atomic E-state index is -0.347. The average molecular weight is 331 g/mol. The van der Waals surface area contributed by atoms with Crippen molar-refractivity contribution in [1.82, 2.24) is 19.8 Å². The zero-order valence-corrected chi connectivity index (χ0v) is 14.0. The molecule has 122 valence electrons. The molecule has 0 aliphatic carbocycles. The summed E-state index contributed by atoms with van der Waals surface area (Å²) < 4.78 is 1.43. The van der Waals surface area contributed by atoms with Crippen LogP contribution in [-0.2, 0) is 4.79 Å².